The Morgan fingerprint density at radius 3 is 2.48 bits per heavy atom. The number of nitrogens with one attached hydrogen (secondary N) is 1. The van der Waals surface area contributed by atoms with Crippen molar-refractivity contribution in [3.05, 3.63) is 50.8 Å². The summed E-state index contributed by atoms with van der Waals surface area (Å²) >= 11 is 6.37. The number of pyridine rings is 1. The number of carbonyl (C=O) groups excluding carboxylic acids is 2. The number of hydrogen-bond acceptors (Lipinski definition) is 5. The van der Waals surface area contributed by atoms with Crippen LogP contribution in [0.3, 0.4) is 0 Å². The van der Waals surface area contributed by atoms with Gasteiger partial charge in [-0.3, -0.25) is 24.3 Å². The van der Waals surface area contributed by atoms with Crippen LogP contribution in [0.2, 0.25) is 5.02 Å². The van der Waals surface area contributed by atoms with Crippen molar-refractivity contribution in [3.63, 3.8) is 0 Å². The smallest absolute Gasteiger partial charge is 0.262 e. The number of aromatic nitrogens is 1. The topological polar surface area (TPSA) is 97.4 Å². The zero-order valence-electron chi connectivity index (χ0n) is 13.8. The number of rotatable bonds is 4. The minimum absolute atomic E-state index is 0.00447. The molecule has 2 heterocycles. The lowest BCUT2D eigenvalue weighted by molar-refractivity contribution is 0.0880. The van der Waals surface area contributed by atoms with Crippen molar-refractivity contribution < 1.29 is 9.59 Å². The van der Waals surface area contributed by atoms with E-state index in [1.165, 1.54) is 4.57 Å². The van der Waals surface area contributed by atoms with E-state index >= 15 is 0 Å². The fourth-order valence-corrected chi connectivity index (χ4v) is 3.35. The van der Waals surface area contributed by atoms with Gasteiger partial charge in [0.15, 0.2) is 0 Å². The number of halogens is 1. The molecule has 3 N–H and O–H groups in total. The Balaban J connectivity index is 2.35. The van der Waals surface area contributed by atoms with E-state index in [9.17, 15) is 14.4 Å². The second kappa shape index (κ2) is 6.25. The number of carbonyl (C=O) groups is 2. The Labute approximate surface area is 149 Å². The highest BCUT2D eigenvalue weighted by Gasteiger charge is 2.32. The molecule has 130 valence electrons. The molecule has 8 heteroatoms. The molecule has 1 aliphatic heterocycles. The first-order valence-electron chi connectivity index (χ1n) is 7.85. The standard InChI is InChI=1S/C17H17ClN4O3/c1-3-21(4-2)14-10(18)6-5-7-11(14)22-12(23)8-9-13(15(22)19)17(25)20-16(9)24/h5-8H,3-4,19H2,1-2H3,(H,20,24,25). The molecule has 2 aromatic rings. The lowest BCUT2D eigenvalue weighted by atomic mass is 10.1. The van der Waals surface area contributed by atoms with E-state index in [0.717, 1.165) is 6.07 Å². The quantitative estimate of drug-likeness (QED) is 0.810. The summed E-state index contributed by atoms with van der Waals surface area (Å²) in [4.78, 5) is 38.4. The summed E-state index contributed by atoms with van der Waals surface area (Å²) in [6, 6.07) is 6.26. The molecule has 0 fully saturated rings. The molecule has 0 atom stereocenters. The van der Waals surface area contributed by atoms with Gasteiger partial charge in [-0.15, -0.1) is 0 Å². The van der Waals surface area contributed by atoms with Crippen LogP contribution in [0.1, 0.15) is 34.6 Å². The average molecular weight is 361 g/mol. The van der Waals surface area contributed by atoms with Crippen molar-refractivity contribution in [1.29, 1.82) is 0 Å². The van der Waals surface area contributed by atoms with E-state index in [1.54, 1.807) is 18.2 Å². The first-order chi connectivity index (χ1) is 11.9. The van der Waals surface area contributed by atoms with Gasteiger partial charge in [-0.05, 0) is 26.0 Å². The number of imide groups is 1. The Hall–Kier alpha value is -2.80. The Kier molecular flexibility index (Phi) is 4.26. The van der Waals surface area contributed by atoms with E-state index in [-0.39, 0.29) is 16.9 Å². The van der Waals surface area contributed by atoms with E-state index in [2.05, 4.69) is 5.32 Å². The van der Waals surface area contributed by atoms with Crippen LogP contribution in [0.5, 0.6) is 0 Å². The third-order valence-electron chi connectivity index (χ3n) is 4.24. The van der Waals surface area contributed by atoms with Crippen LogP contribution in [0.25, 0.3) is 5.69 Å². The number of amides is 2. The Morgan fingerprint density at radius 2 is 1.84 bits per heavy atom. The number of anilines is 2. The van der Waals surface area contributed by atoms with Crippen molar-refractivity contribution in [3.8, 4) is 5.69 Å². The fraction of sp³-hybridized carbons (Fsp3) is 0.235. The van der Waals surface area contributed by atoms with Crippen LogP contribution in [-0.4, -0.2) is 29.5 Å². The number of nitrogen functional groups attached to an aromatic ring is 1. The first kappa shape index (κ1) is 17.0. The summed E-state index contributed by atoms with van der Waals surface area (Å²) < 4.78 is 1.22. The Morgan fingerprint density at radius 1 is 1.16 bits per heavy atom. The van der Waals surface area contributed by atoms with Crippen LogP contribution in [0.15, 0.2) is 29.1 Å². The van der Waals surface area contributed by atoms with E-state index < -0.39 is 17.4 Å². The average Bonchev–Trinajstić information content (AvgIpc) is 2.85. The molecule has 25 heavy (non-hydrogen) atoms. The van der Waals surface area contributed by atoms with Crippen molar-refractivity contribution in [2.24, 2.45) is 0 Å². The van der Waals surface area contributed by atoms with Gasteiger partial charge in [0.25, 0.3) is 17.4 Å². The highest BCUT2D eigenvalue weighted by Crippen LogP contribution is 2.34. The lowest BCUT2D eigenvalue weighted by Crippen LogP contribution is -2.28. The minimum Gasteiger partial charge on any atom is -0.384 e. The van der Waals surface area contributed by atoms with Gasteiger partial charge in [0.2, 0.25) is 0 Å². The summed E-state index contributed by atoms with van der Waals surface area (Å²) in [7, 11) is 0. The van der Waals surface area contributed by atoms with Gasteiger partial charge in [-0.25, -0.2) is 0 Å². The highest BCUT2D eigenvalue weighted by molar-refractivity contribution is 6.33. The maximum Gasteiger partial charge on any atom is 0.262 e. The van der Waals surface area contributed by atoms with Gasteiger partial charge in [-0.1, -0.05) is 17.7 Å². The number of fused-ring (bicyclic) bond motifs is 1. The summed E-state index contributed by atoms with van der Waals surface area (Å²) in [6.07, 6.45) is 0. The zero-order valence-corrected chi connectivity index (χ0v) is 14.6. The van der Waals surface area contributed by atoms with E-state index in [1.807, 2.05) is 18.7 Å². The maximum absolute atomic E-state index is 12.6. The molecule has 0 unspecified atom stereocenters. The SMILES string of the molecule is CCN(CC)c1c(Cl)cccc1-n1c(N)c2c(cc1=O)C(=O)NC2=O. The van der Waals surface area contributed by atoms with Gasteiger partial charge in [-0.2, -0.15) is 0 Å². The second-order valence-corrected chi connectivity index (χ2v) is 5.96. The fourth-order valence-electron chi connectivity index (χ4n) is 3.07. The van der Waals surface area contributed by atoms with Crippen LogP contribution in [-0.2, 0) is 0 Å². The monoisotopic (exact) mass is 360 g/mol. The highest BCUT2D eigenvalue weighted by atomic mass is 35.5. The van der Waals surface area contributed by atoms with Crippen LogP contribution in [0, 0.1) is 0 Å². The third kappa shape index (κ3) is 2.56. The summed E-state index contributed by atoms with van der Waals surface area (Å²) in [5.74, 6) is -1.31. The van der Waals surface area contributed by atoms with Crippen LogP contribution in [0.4, 0.5) is 11.5 Å². The molecule has 1 aliphatic rings. The van der Waals surface area contributed by atoms with Crippen molar-refractivity contribution in [2.45, 2.75) is 13.8 Å². The summed E-state index contributed by atoms with van der Waals surface area (Å²) in [6.45, 7) is 5.28. The molecular formula is C17H17ClN4O3. The number of nitrogens with two attached hydrogens (primary N) is 1. The van der Waals surface area contributed by atoms with Gasteiger partial charge < -0.3 is 10.6 Å². The molecule has 1 aromatic carbocycles. The van der Waals surface area contributed by atoms with E-state index in [4.69, 9.17) is 17.3 Å². The number of hydrogen-bond donors (Lipinski definition) is 2. The molecule has 0 bridgehead atoms. The van der Waals surface area contributed by atoms with Crippen LogP contribution >= 0.6 is 11.6 Å². The Bertz CT molecular complexity index is 948. The largest absolute Gasteiger partial charge is 0.384 e. The molecule has 0 saturated heterocycles. The van der Waals surface area contributed by atoms with Gasteiger partial charge in [0.1, 0.15) is 5.82 Å². The second-order valence-electron chi connectivity index (χ2n) is 5.56. The maximum atomic E-state index is 12.6. The van der Waals surface area contributed by atoms with Gasteiger partial charge in [0.05, 0.1) is 27.5 Å². The molecule has 0 radical (unpaired) electrons. The molecule has 0 aliphatic carbocycles. The van der Waals surface area contributed by atoms with Gasteiger partial charge in [0, 0.05) is 19.2 Å². The molecule has 2 amide bonds. The predicted molar refractivity (Wildman–Crippen MR) is 96.8 cm³/mol. The molecule has 3 rings (SSSR count). The van der Waals surface area contributed by atoms with Crippen molar-refractivity contribution in [1.82, 2.24) is 9.88 Å². The number of nitrogens with zero attached hydrogens (tertiary/aromatic N) is 2. The summed E-state index contributed by atoms with van der Waals surface area (Å²) in [5.41, 5.74) is 6.72. The summed E-state index contributed by atoms with van der Waals surface area (Å²) in [5, 5.41) is 2.62. The van der Waals surface area contributed by atoms with Crippen molar-refractivity contribution in [2.75, 3.05) is 23.7 Å². The molecule has 1 aromatic heterocycles. The predicted octanol–water partition coefficient (Wildman–Crippen LogP) is 1.80. The van der Waals surface area contributed by atoms with Gasteiger partial charge >= 0.3 is 0 Å². The van der Waals surface area contributed by atoms with Crippen molar-refractivity contribution >= 4 is 34.9 Å². The molecular weight excluding hydrogens is 344 g/mol. The zero-order chi connectivity index (χ0) is 18.3. The molecule has 7 nitrogen and oxygen atoms in total. The third-order valence-corrected chi connectivity index (χ3v) is 4.54. The van der Waals surface area contributed by atoms with Crippen LogP contribution < -0.4 is 21.5 Å². The van der Waals surface area contributed by atoms with E-state index in [0.29, 0.717) is 29.5 Å². The normalized spacial score (nSPS) is 12.9. The molecule has 0 saturated carbocycles. The minimum atomic E-state index is -0.619. The number of benzene rings is 1. The number of para-hydroxylation sites is 1. The first-order valence-corrected chi connectivity index (χ1v) is 8.23. The molecule has 0 spiro atoms. The lowest BCUT2D eigenvalue weighted by Gasteiger charge is -2.26.